The highest BCUT2D eigenvalue weighted by molar-refractivity contribution is 5.62. The average molecular weight is 297 g/mol. The van der Waals surface area contributed by atoms with Crippen molar-refractivity contribution >= 4 is 5.69 Å². The minimum absolute atomic E-state index is 0.111. The number of aliphatic hydroxyl groups excluding tert-OH is 1. The van der Waals surface area contributed by atoms with Gasteiger partial charge in [0, 0.05) is 29.8 Å². The Morgan fingerprint density at radius 3 is 1.86 bits per heavy atom. The fourth-order valence-corrected chi connectivity index (χ4v) is 2.25. The Balaban J connectivity index is 2.99. The van der Waals surface area contributed by atoms with E-state index in [0.717, 1.165) is 18.5 Å². The summed E-state index contributed by atoms with van der Waals surface area (Å²) in [5.41, 5.74) is 0.768. The molecule has 0 aliphatic heterocycles. The molecule has 2 N–H and O–H groups in total. The first kappa shape index (κ1) is 17.4. The van der Waals surface area contributed by atoms with Gasteiger partial charge < -0.3 is 24.6 Å². The lowest BCUT2D eigenvalue weighted by atomic mass is 9.83. The van der Waals surface area contributed by atoms with Gasteiger partial charge >= 0.3 is 0 Å². The van der Waals surface area contributed by atoms with Gasteiger partial charge in [0.25, 0.3) is 0 Å². The standard InChI is InChI=1S/C16H27NO4/c1-6-16(7-2,11-18)10-17-12-8-13(19-3)15(21-5)14(9-12)20-4/h8-9,17-18H,6-7,10-11H2,1-5H3. The predicted octanol–water partition coefficient (Wildman–Crippen LogP) is 2.92. The first-order valence-electron chi connectivity index (χ1n) is 7.24. The number of hydrogen-bond acceptors (Lipinski definition) is 5. The lowest BCUT2D eigenvalue weighted by Gasteiger charge is -2.30. The zero-order valence-electron chi connectivity index (χ0n) is 13.7. The minimum Gasteiger partial charge on any atom is -0.493 e. The topological polar surface area (TPSA) is 60.0 Å². The van der Waals surface area contributed by atoms with Crippen molar-refractivity contribution in [2.24, 2.45) is 5.41 Å². The van der Waals surface area contributed by atoms with E-state index in [1.807, 2.05) is 12.1 Å². The van der Waals surface area contributed by atoms with Crippen LogP contribution in [0.1, 0.15) is 26.7 Å². The average Bonchev–Trinajstić information content (AvgIpc) is 2.55. The first-order valence-corrected chi connectivity index (χ1v) is 7.24. The molecule has 0 aromatic heterocycles. The smallest absolute Gasteiger partial charge is 0.203 e. The molecule has 0 saturated carbocycles. The quantitative estimate of drug-likeness (QED) is 0.734. The van der Waals surface area contributed by atoms with Crippen LogP contribution in [0.15, 0.2) is 12.1 Å². The highest BCUT2D eigenvalue weighted by Crippen LogP contribution is 2.40. The maximum absolute atomic E-state index is 9.63. The molecule has 21 heavy (non-hydrogen) atoms. The summed E-state index contributed by atoms with van der Waals surface area (Å²) in [6.07, 6.45) is 1.83. The Kier molecular flexibility index (Phi) is 6.62. The van der Waals surface area contributed by atoms with Crippen LogP contribution >= 0.6 is 0 Å². The first-order chi connectivity index (χ1) is 10.1. The second-order valence-corrected chi connectivity index (χ2v) is 5.13. The van der Waals surface area contributed by atoms with Gasteiger partial charge in [-0.1, -0.05) is 13.8 Å². The van der Waals surface area contributed by atoms with Gasteiger partial charge in [-0.3, -0.25) is 0 Å². The number of anilines is 1. The molecule has 1 rings (SSSR count). The summed E-state index contributed by atoms with van der Waals surface area (Å²) in [6, 6.07) is 3.74. The number of nitrogens with one attached hydrogen (secondary N) is 1. The van der Waals surface area contributed by atoms with Crippen LogP contribution in [-0.2, 0) is 0 Å². The number of ether oxygens (including phenoxy) is 3. The third kappa shape index (κ3) is 3.94. The molecule has 0 amide bonds. The van der Waals surface area contributed by atoms with Crippen molar-refractivity contribution in [1.29, 1.82) is 0 Å². The summed E-state index contributed by atoms with van der Waals surface area (Å²) in [4.78, 5) is 0. The summed E-state index contributed by atoms with van der Waals surface area (Å²) < 4.78 is 16.0. The largest absolute Gasteiger partial charge is 0.493 e. The van der Waals surface area contributed by atoms with Gasteiger partial charge in [0.15, 0.2) is 11.5 Å². The van der Waals surface area contributed by atoms with Crippen LogP contribution in [0, 0.1) is 5.41 Å². The Morgan fingerprint density at radius 1 is 1.00 bits per heavy atom. The predicted molar refractivity (Wildman–Crippen MR) is 84.7 cm³/mol. The monoisotopic (exact) mass is 297 g/mol. The van der Waals surface area contributed by atoms with Crippen LogP contribution in [0.4, 0.5) is 5.69 Å². The molecule has 0 aliphatic carbocycles. The Morgan fingerprint density at radius 2 is 1.52 bits per heavy atom. The van der Waals surface area contributed by atoms with Crippen LogP contribution in [-0.4, -0.2) is 39.6 Å². The van der Waals surface area contributed by atoms with E-state index in [-0.39, 0.29) is 12.0 Å². The fourth-order valence-electron chi connectivity index (χ4n) is 2.25. The molecule has 0 heterocycles. The zero-order valence-corrected chi connectivity index (χ0v) is 13.7. The number of rotatable bonds is 9. The lowest BCUT2D eigenvalue weighted by Crippen LogP contribution is -2.32. The van der Waals surface area contributed by atoms with E-state index >= 15 is 0 Å². The van der Waals surface area contributed by atoms with Gasteiger partial charge in [-0.05, 0) is 12.8 Å². The molecule has 0 fully saturated rings. The maximum Gasteiger partial charge on any atom is 0.203 e. The van der Waals surface area contributed by atoms with Gasteiger partial charge in [-0.15, -0.1) is 0 Å². The van der Waals surface area contributed by atoms with Crippen LogP contribution in [0.5, 0.6) is 17.2 Å². The van der Waals surface area contributed by atoms with Crippen LogP contribution in [0.2, 0.25) is 0 Å². The molecule has 0 spiro atoms. The Hall–Kier alpha value is -1.62. The second kappa shape index (κ2) is 7.98. The number of aliphatic hydroxyl groups is 1. The van der Waals surface area contributed by atoms with Crippen molar-refractivity contribution in [1.82, 2.24) is 0 Å². The lowest BCUT2D eigenvalue weighted by molar-refractivity contribution is 0.127. The third-order valence-corrected chi connectivity index (χ3v) is 4.17. The molecule has 0 bridgehead atoms. The Labute approximate surface area is 127 Å². The van der Waals surface area contributed by atoms with Gasteiger partial charge in [-0.2, -0.15) is 0 Å². The van der Waals surface area contributed by atoms with Crippen molar-refractivity contribution in [3.63, 3.8) is 0 Å². The molecule has 0 atom stereocenters. The van der Waals surface area contributed by atoms with E-state index in [0.29, 0.717) is 23.8 Å². The molecule has 0 aliphatic rings. The van der Waals surface area contributed by atoms with E-state index < -0.39 is 0 Å². The molecular weight excluding hydrogens is 270 g/mol. The zero-order chi connectivity index (χ0) is 15.9. The van der Waals surface area contributed by atoms with Gasteiger partial charge in [-0.25, -0.2) is 0 Å². The summed E-state index contributed by atoms with van der Waals surface area (Å²) in [5.74, 6) is 1.80. The highest BCUT2D eigenvalue weighted by Gasteiger charge is 2.25. The summed E-state index contributed by atoms with van der Waals surface area (Å²) >= 11 is 0. The summed E-state index contributed by atoms with van der Waals surface area (Å²) in [6.45, 7) is 5.04. The number of hydrogen-bond donors (Lipinski definition) is 2. The summed E-state index contributed by atoms with van der Waals surface area (Å²) in [5, 5.41) is 13.0. The molecule has 1 aromatic carbocycles. The van der Waals surface area contributed by atoms with Crippen LogP contribution < -0.4 is 19.5 Å². The molecule has 1 aromatic rings. The second-order valence-electron chi connectivity index (χ2n) is 5.13. The van der Waals surface area contributed by atoms with Gasteiger partial charge in [0.2, 0.25) is 5.75 Å². The Bertz CT molecular complexity index is 411. The van der Waals surface area contributed by atoms with Crippen molar-refractivity contribution in [2.45, 2.75) is 26.7 Å². The van der Waals surface area contributed by atoms with E-state index in [9.17, 15) is 5.11 Å². The van der Waals surface area contributed by atoms with Crippen molar-refractivity contribution in [3.05, 3.63) is 12.1 Å². The van der Waals surface area contributed by atoms with Crippen LogP contribution in [0.25, 0.3) is 0 Å². The molecular formula is C16H27NO4. The normalized spacial score (nSPS) is 11.1. The van der Waals surface area contributed by atoms with Crippen molar-refractivity contribution in [2.75, 3.05) is 39.8 Å². The molecule has 5 heteroatoms. The maximum atomic E-state index is 9.63. The molecule has 5 nitrogen and oxygen atoms in total. The highest BCUT2D eigenvalue weighted by atomic mass is 16.5. The van der Waals surface area contributed by atoms with E-state index in [1.165, 1.54) is 0 Å². The number of methoxy groups -OCH3 is 3. The van der Waals surface area contributed by atoms with Gasteiger partial charge in [0.1, 0.15) is 0 Å². The molecule has 120 valence electrons. The number of benzene rings is 1. The fraction of sp³-hybridized carbons (Fsp3) is 0.625. The SMILES string of the molecule is CCC(CC)(CO)CNc1cc(OC)c(OC)c(OC)c1. The molecule has 0 radical (unpaired) electrons. The van der Waals surface area contributed by atoms with Gasteiger partial charge in [0.05, 0.1) is 27.9 Å². The van der Waals surface area contributed by atoms with Crippen LogP contribution in [0.3, 0.4) is 0 Å². The molecule has 0 saturated heterocycles. The van der Waals surface area contributed by atoms with Crippen molar-refractivity contribution < 1.29 is 19.3 Å². The van der Waals surface area contributed by atoms with Crippen molar-refractivity contribution in [3.8, 4) is 17.2 Å². The third-order valence-electron chi connectivity index (χ3n) is 4.17. The van der Waals surface area contributed by atoms with E-state index in [2.05, 4.69) is 19.2 Å². The van der Waals surface area contributed by atoms with E-state index in [1.54, 1.807) is 21.3 Å². The summed E-state index contributed by atoms with van der Waals surface area (Å²) in [7, 11) is 4.77. The van der Waals surface area contributed by atoms with E-state index in [4.69, 9.17) is 14.2 Å². The molecule has 0 unspecified atom stereocenters. The minimum atomic E-state index is -0.111.